The van der Waals surface area contributed by atoms with Crippen molar-refractivity contribution in [1.29, 1.82) is 0 Å². The fourth-order valence-electron chi connectivity index (χ4n) is 6.93. The predicted octanol–water partition coefficient (Wildman–Crippen LogP) is 5.78. The molecule has 4 heterocycles. The van der Waals surface area contributed by atoms with Gasteiger partial charge in [0.15, 0.2) is 5.82 Å². The van der Waals surface area contributed by atoms with Gasteiger partial charge < -0.3 is 14.8 Å². The van der Waals surface area contributed by atoms with E-state index < -0.39 is 0 Å². The van der Waals surface area contributed by atoms with Gasteiger partial charge in [-0.25, -0.2) is 9.97 Å². The molecule has 8 heteroatoms. The minimum absolute atomic E-state index is 0.0502. The predicted molar refractivity (Wildman–Crippen MR) is 155 cm³/mol. The standard InChI is InChI=1S/C32H32ClN5O2/c33-25-14-12-21(13-15-25)20-8-10-22(11-9-20)31(39)37-16-23-18-38(19-24(23)17-37)32(40)29-7-3-6-28(34-29)30-35-26-4-1-2-5-27(26)36-30/h1-7,12-15,20,22-24H,8-11,16-19H2,(H,35,36). The summed E-state index contributed by atoms with van der Waals surface area (Å²) in [6.07, 6.45) is 3.97. The fourth-order valence-corrected chi connectivity index (χ4v) is 7.05. The molecule has 3 fully saturated rings. The summed E-state index contributed by atoms with van der Waals surface area (Å²) in [4.78, 5) is 43.4. The van der Waals surface area contributed by atoms with Gasteiger partial charge in [-0.05, 0) is 73.6 Å². The second-order valence-corrected chi connectivity index (χ2v) is 12.0. The molecule has 1 aliphatic carbocycles. The van der Waals surface area contributed by atoms with Gasteiger partial charge in [-0.15, -0.1) is 0 Å². The normalized spacial score (nSPS) is 24.4. The molecular formula is C32H32ClN5O2. The highest BCUT2D eigenvalue weighted by Crippen LogP contribution is 2.39. The minimum Gasteiger partial charge on any atom is -0.342 e. The van der Waals surface area contributed by atoms with Crippen LogP contribution >= 0.6 is 11.6 Å². The Morgan fingerprint density at radius 3 is 2.20 bits per heavy atom. The number of pyridine rings is 1. The smallest absolute Gasteiger partial charge is 0.272 e. The van der Waals surface area contributed by atoms with E-state index >= 15 is 0 Å². The third kappa shape index (κ3) is 4.77. The van der Waals surface area contributed by atoms with Crippen molar-refractivity contribution in [3.05, 3.63) is 83.0 Å². The van der Waals surface area contributed by atoms with E-state index in [0.717, 1.165) is 54.8 Å². The minimum atomic E-state index is -0.0502. The lowest BCUT2D eigenvalue weighted by Crippen LogP contribution is -2.39. The molecule has 40 heavy (non-hydrogen) atoms. The van der Waals surface area contributed by atoms with Gasteiger partial charge in [0.1, 0.15) is 11.4 Å². The van der Waals surface area contributed by atoms with Crippen LogP contribution in [0.25, 0.3) is 22.6 Å². The number of carbonyl (C=O) groups excluding carboxylic acids is 2. The summed E-state index contributed by atoms with van der Waals surface area (Å²) in [5.41, 5.74) is 4.23. The fraction of sp³-hybridized carbons (Fsp3) is 0.375. The molecule has 0 radical (unpaired) electrons. The van der Waals surface area contributed by atoms with Crippen LogP contribution in [0.5, 0.6) is 0 Å². The van der Waals surface area contributed by atoms with E-state index in [1.54, 1.807) is 6.07 Å². The van der Waals surface area contributed by atoms with Crippen molar-refractivity contribution in [3.8, 4) is 11.5 Å². The van der Waals surface area contributed by atoms with Gasteiger partial charge in [0.25, 0.3) is 5.91 Å². The lowest BCUT2D eigenvalue weighted by molar-refractivity contribution is -0.135. The first-order chi connectivity index (χ1) is 19.5. The SMILES string of the molecule is O=C(c1cccc(-c2nc3ccccc3[nH]2)n1)N1CC2CN(C(=O)C3CCC(c4ccc(Cl)cc4)CC3)CC2C1. The van der Waals surface area contributed by atoms with Crippen LogP contribution in [0.4, 0.5) is 0 Å². The van der Waals surface area contributed by atoms with Gasteiger partial charge in [-0.3, -0.25) is 9.59 Å². The monoisotopic (exact) mass is 553 g/mol. The molecule has 0 bridgehead atoms. The Hall–Kier alpha value is -3.71. The Labute approximate surface area is 238 Å². The Bertz CT molecular complexity index is 1510. The van der Waals surface area contributed by atoms with Crippen molar-refractivity contribution in [2.24, 2.45) is 17.8 Å². The van der Waals surface area contributed by atoms with Crippen molar-refractivity contribution < 1.29 is 9.59 Å². The zero-order valence-corrected chi connectivity index (χ0v) is 23.1. The first kappa shape index (κ1) is 25.3. The number of para-hydroxylation sites is 2. The second kappa shape index (κ2) is 10.4. The van der Waals surface area contributed by atoms with Gasteiger partial charge >= 0.3 is 0 Å². The van der Waals surface area contributed by atoms with Crippen LogP contribution in [0, 0.1) is 17.8 Å². The largest absolute Gasteiger partial charge is 0.342 e. The third-order valence-corrected chi connectivity index (χ3v) is 9.36. The zero-order chi connectivity index (χ0) is 27.2. The number of nitrogens with one attached hydrogen (secondary N) is 1. The number of imidazole rings is 1. The molecule has 2 amide bonds. The van der Waals surface area contributed by atoms with Crippen LogP contribution in [0.3, 0.4) is 0 Å². The van der Waals surface area contributed by atoms with E-state index in [1.807, 2.05) is 53.4 Å². The molecule has 4 aromatic rings. The van der Waals surface area contributed by atoms with Crippen molar-refractivity contribution >= 4 is 34.4 Å². The van der Waals surface area contributed by atoms with Crippen molar-refractivity contribution in [1.82, 2.24) is 24.8 Å². The van der Waals surface area contributed by atoms with Gasteiger partial charge in [-0.2, -0.15) is 0 Å². The lowest BCUT2D eigenvalue weighted by atomic mass is 9.78. The number of rotatable bonds is 4. The summed E-state index contributed by atoms with van der Waals surface area (Å²) in [5.74, 6) is 2.20. The highest BCUT2D eigenvalue weighted by molar-refractivity contribution is 6.30. The molecule has 2 unspecified atom stereocenters. The van der Waals surface area contributed by atoms with Crippen LogP contribution in [0.1, 0.15) is 47.7 Å². The number of hydrogen-bond donors (Lipinski definition) is 1. The van der Waals surface area contributed by atoms with E-state index in [2.05, 4.69) is 32.0 Å². The maximum absolute atomic E-state index is 13.4. The molecule has 2 atom stereocenters. The molecule has 3 aliphatic rings. The highest BCUT2D eigenvalue weighted by atomic mass is 35.5. The average Bonchev–Trinajstić information content (AvgIpc) is 3.71. The summed E-state index contributed by atoms with van der Waals surface area (Å²) in [6, 6.07) is 21.5. The quantitative estimate of drug-likeness (QED) is 0.347. The maximum atomic E-state index is 13.4. The number of amides is 2. The number of halogens is 1. The Morgan fingerprint density at radius 1 is 0.775 bits per heavy atom. The molecule has 7 nitrogen and oxygen atoms in total. The number of fused-ring (bicyclic) bond motifs is 2. The van der Waals surface area contributed by atoms with Crippen LogP contribution in [-0.4, -0.2) is 62.7 Å². The molecule has 7 rings (SSSR count). The number of H-pyrrole nitrogens is 1. The molecule has 2 aromatic carbocycles. The Morgan fingerprint density at radius 2 is 1.48 bits per heavy atom. The number of benzene rings is 2. The maximum Gasteiger partial charge on any atom is 0.272 e. The van der Waals surface area contributed by atoms with Crippen LogP contribution in [0.2, 0.25) is 5.02 Å². The number of nitrogens with zero attached hydrogens (tertiary/aromatic N) is 4. The number of aromatic amines is 1. The second-order valence-electron chi connectivity index (χ2n) is 11.6. The number of hydrogen-bond acceptors (Lipinski definition) is 4. The van der Waals surface area contributed by atoms with Gasteiger partial charge in [-0.1, -0.05) is 41.9 Å². The molecular weight excluding hydrogens is 522 g/mol. The van der Waals surface area contributed by atoms with Crippen LogP contribution in [0.15, 0.2) is 66.7 Å². The summed E-state index contributed by atoms with van der Waals surface area (Å²) < 4.78 is 0. The van der Waals surface area contributed by atoms with E-state index in [4.69, 9.17) is 11.6 Å². The summed E-state index contributed by atoms with van der Waals surface area (Å²) >= 11 is 6.05. The molecule has 1 saturated carbocycles. The Balaban J connectivity index is 0.951. The van der Waals surface area contributed by atoms with Gasteiger partial charge in [0.2, 0.25) is 5.91 Å². The topological polar surface area (TPSA) is 82.2 Å². The summed E-state index contributed by atoms with van der Waals surface area (Å²) in [6.45, 7) is 2.84. The van der Waals surface area contributed by atoms with Crippen molar-refractivity contribution in [2.45, 2.75) is 31.6 Å². The van der Waals surface area contributed by atoms with E-state index in [-0.39, 0.29) is 11.8 Å². The van der Waals surface area contributed by atoms with E-state index in [9.17, 15) is 9.59 Å². The number of likely N-dealkylation sites (tertiary alicyclic amines) is 2. The zero-order valence-electron chi connectivity index (χ0n) is 22.3. The molecule has 2 aromatic heterocycles. The van der Waals surface area contributed by atoms with E-state index in [0.29, 0.717) is 54.0 Å². The number of aromatic nitrogens is 3. The van der Waals surface area contributed by atoms with Gasteiger partial charge in [0.05, 0.1) is 11.0 Å². The number of carbonyl (C=O) groups is 2. The third-order valence-electron chi connectivity index (χ3n) is 9.10. The van der Waals surface area contributed by atoms with Crippen LogP contribution in [-0.2, 0) is 4.79 Å². The van der Waals surface area contributed by atoms with Gasteiger partial charge in [0, 0.05) is 49.0 Å². The lowest BCUT2D eigenvalue weighted by Gasteiger charge is -2.31. The first-order valence-electron chi connectivity index (χ1n) is 14.3. The molecule has 1 N–H and O–H groups in total. The van der Waals surface area contributed by atoms with Crippen molar-refractivity contribution in [2.75, 3.05) is 26.2 Å². The average molecular weight is 554 g/mol. The van der Waals surface area contributed by atoms with Crippen molar-refractivity contribution in [3.63, 3.8) is 0 Å². The molecule has 0 spiro atoms. The molecule has 2 saturated heterocycles. The highest BCUT2D eigenvalue weighted by Gasteiger charge is 2.44. The first-order valence-corrected chi connectivity index (χ1v) is 14.7. The summed E-state index contributed by atoms with van der Waals surface area (Å²) in [5, 5.41) is 0.764. The summed E-state index contributed by atoms with van der Waals surface area (Å²) in [7, 11) is 0. The van der Waals surface area contributed by atoms with E-state index in [1.165, 1.54) is 5.56 Å². The Kier molecular flexibility index (Phi) is 6.54. The van der Waals surface area contributed by atoms with Crippen LogP contribution < -0.4 is 0 Å². The molecule has 2 aliphatic heterocycles. The molecule has 204 valence electrons.